The Kier molecular flexibility index (Phi) is 4.11. The topological polar surface area (TPSA) is 37.4 Å². The summed E-state index contributed by atoms with van der Waals surface area (Å²) in [6, 6.07) is 8.54. The highest BCUT2D eigenvalue weighted by Gasteiger charge is 2.20. The lowest BCUT2D eigenvalue weighted by Gasteiger charge is -2.24. The van der Waals surface area contributed by atoms with Crippen LogP contribution in [-0.4, -0.2) is 32.1 Å². The summed E-state index contributed by atoms with van der Waals surface area (Å²) in [5, 5.41) is 0. The van der Waals surface area contributed by atoms with E-state index < -0.39 is 10.0 Å². The average molecular weight is 279 g/mol. The highest BCUT2D eigenvalue weighted by molar-refractivity contribution is 7.88. The second-order valence-electron chi connectivity index (χ2n) is 5.38. The average Bonchev–Trinajstić information content (AvgIpc) is 2.38. The molecule has 0 saturated heterocycles. The third-order valence-electron chi connectivity index (χ3n) is 3.56. The van der Waals surface area contributed by atoms with Crippen LogP contribution in [0.2, 0.25) is 0 Å². The molecule has 0 amide bonds. The Hall–Kier alpha value is -1.13. The molecule has 0 N–H and O–H groups in total. The second kappa shape index (κ2) is 5.47. The first-order valence-corrected chi connectivity index (χ1v) is 8.47. The van der Waals surface area contributed by atoms with E-state index in [1.54, 1.807) is 0 Å². The van der Waals surface area contributed by atoms with Gasteiger partial charge in [-0.1, -0.05) is 44.2 Å². The molecule has 104 valence electrons. The molecule has 1 aliphatic heterocycles. The largest absolute Gasteiger partial charge is 0.212 e. The second-order valence-corrected chi connectivity index (χ2v) is 7.36. The Bertz CT molecular complexity index is 588. The first-order chi connectivity index (χ1) is 8.88. The van der Waals surface area contributed by atoms with E-state index in [0.717, 1.165) is 6.42 Å². The number of sulfonamides is 1. The molecule has 0 unspecified atom stereocenters. The van der Waals surface area contributed by atoms with Gasteiger partial charge in [0.15, 0.2) is 0 Å². The van der Waals surface area contributed by atoms with Crippen LogP contribution < -0.4 is 0 Å². The highest BCUT2D eigenvalue weighted by atomic mass is 32.2. The lowest BCUT2D eigenvalue weighted by Crippen LogP contribution is -2.33. The van der Waals surface area contributed by atoms with Crippen molar-refractivity contribution in [3.63, 3.8) is 0 Å². The van der Waals surface area contributed by atoms with E-state index in [2.05, 4.69) is 38.1 Å². The first-order valence-electron chi connectivity index (χ1n) is 6.62. The van der Waals surface area contributed by atoms with Gasteiger partial charge in [-0.3, -0.25) is 0 Å². The van der Waals surface area contributed by atoms with Gasteiger partial charge in [-0.2, -0.15) is 4.31 Å². The van der Waals surface area contributed by atoms with Crippen molar-refractivity contribution in [3.05, 3.63) is 41.5 Å². The maximum atomic E-state index is 11.5. The lowest BCUT2D eigenvalue weighted by atomic mass is 9.95. The normalized spacial score (nSPS) is 17.6. The van der Waals surface area contributed by atoms with E-state index in [9.17, 15) is 8.42 Å². The first kappa shape index (κ1) is 14.3. The Morgan fingerprint density at radius 2 is 2.00 bits per heavy atom. The summed E-state index contributed by atoms with van der Waals surface area (Å²) in [6.07, 6.45) is 4.09. The van der Waals surface area contributed by atoms with Crippen molar-refractivity contribution in [3.8, 4) is 0 Å². The van der Waals surface area contributed by atoms with E-state index in [1.165, 1.54) is 27.3 Å². The SMILES string of the molecule is CC(C)c1cccc(C2=CCN(S(C)(=O)=O)CC2)c1. The Labute approximate surface area is 116 Å². The Morgan fingerprint density at radius 1 is 1.26 bits per heavy atom. The van der Waals surface area contributed by atoms with Crippen molar-refractivity contribution in [2.75, 3.05) is 19.3 Å². The zero-order valence-corrected chi connectivity index (χ0v) is 12.6. The van der Waals surface area contributed by atoms with Crippen LogP contribution in [0.1, 0.15) is 37.3 Å². The van der Waals surface area contributed by atoms with Gasteiger partial charge in [0.05, 0.1) is 6.26 Å². The Morgan fingerprint density at radius 3 is 2.53 bits per heavy atom. The molecule has 0 bridgehead atoms. The van der Waals surface area contributed by atoms with Crippen LogP contribution in [-0.2, 0) is 10.0 Å². The molecule has 1 aromatic carbocycles. The molecule has 1 heterocycles. The van der Waals surface area contributed by atoms with Crippen LogP contribution in [0.5, 0.6) is 0 Å². The predicted molar refractivity (Wildman–Crippen MR) is 79.5 cm³/mol. The molecule has 2 rings (SSSR count). The van der Waals surface area contributed by atoms with Crippen molar-refractivity contribution in [2.24, 2.45) is 0 Å². The van der Waals surface area contributed by atoms with Crippen molar-refractivity contribution in [1.29, 1.82) is 0 Å². The van der Waals surface area contributed by atoms with Crippen LogP contribution in [0.3, 0.4) is 0 Å². The molecule has 0 aliphatic carbocycles. The zero-order valence-electron chi connectivity index (χ0n) is 11.8. The number of hydrogen-bond acceptors (Lipinski definition) is 2. The molecule has 0 radical (unpaired) electrons. The van der Waals surface area contributed by atoms with Crippen LogP contribution in [0.4, 0.5) is 0 Å². The summed E-state index contributed by atoms with van der Waals surface area (Å²) >= 11 is 0. The standard InChI is InChI=1S/C15H21NO2S/c1-12(2)14-5-4-6-15(11-14)13-7-9-16(10-8-13)19(3,17)18/h4-7,11-12H,8-10H2,1-3H3. The van der Waals surface area contributed by atoms with Gasteiger partial charge < -0.3 is 0 Å². The summed E-state index contributed by atoms with van der Waals surface area (Å²) in [4.78, 5) is 0. The predicted octanol–water partition coefficient (Wildman–Crippen LogP) is 2.86. The summed E-state index contributed by atoms with van der Waals surface area (Å²) in [5.41, 5.74) is 3.80. The van der Waals surface area contributed by atoms with Crippen LogP contribution >= 0.6 is 0 Å². The highest BCUT2D eigenvalue weighted by Crippen LogP contribution is 2.26. The van der Waals surface area contributed by atoms with Crippen LogP contribution in [0, 0.1) is 0 Å². The van der Waals surface area contributed by atoms with Gasteiger partial charge in [-0.05, 0) is 29.0 Å². The maximum Gasteiger partial charge on any atom is 0.211 e. The van der Waals surface area contributed by atoms with E-state index in [4.69, 9.17) is 0 Å². The number of nitrogens with zero attached hydrogens (tertiary/aromatic N) is 1. The minimum absolute atomic E-state index is 0.486. The summed E-state index contributed by atoms with van der Waals surface area (Å²) in [5.74, 6) is 0.511. The van der Waals surface area contributed by atoms with Crippen molar-refractivity contribution in [1.82, 2.24) is 4.31 Å². The van der Waals surface area contributed by atoms with Gasteiger partial charge in [0, 0.05) is 13.1 Å². The fraction of sp³-hybridized carbons (Fsp3) is 0.467. The molecular weight excluding hydrogens is 258 g/mol. The van der Waals surface area contributed by atoms with E-state index in [0.29, 0.717) is 19.0 Å². The zero-order chi connectivity index (χ0) is 14.0. The lowest BCUT2D eigenvalue weighted by molar-refractivity contribution is 0.446. The van der Waals surface area contributed by atoms with Crippen molar-refractivity contribution in [2.45, 2.75) is 26.2 Å². The smallest absolute Gasteiger partial charge is 0.211 e. The van der Waals surface area contributed by atoms with Gasteiger partial charge in [0.25, 0.3) is 0 Å². The number of rotatable bonds is 3. The molecule has 3 nitrogen and oxygen atoms in total. The molecule has 0 saturated carbocycles. The molecule has 0 aromatic heterocycles. The van der Waals surface area contributed by atoms with Crippen LogP contribution in [0.15, 0.2) is 30.3 Å². The fourth-order valence-electron chi connectivity index (χ4n) is 2.31. The van der Waals surface area contributed by atoms with E-state index >= 15 is 0 Å². The quantitative estimate of drug-likeness (QED) is 0.853. The molecule has 1 aliphatic rings. The molecule has 19 heavy (non-hydrogen) atoms. The minimum Gasteiger partial charge on any atom is -0.212 e. The number of benzene rings is 1. The van der Waals surface area contributed by atoms with Gasteiger partial charge in [0.1, 0.15) is 0 Å². The Balaban J connectivity index is 2.21. The molecule has 4 heteroatoms. The third kappa shape index (κ3) is 3.45. The molecule has 1 aromatic rings. The third-order valence-corrected chi connectivity index (χ3v) is 4.83. The van der Waals surface area contributed by atoms with E-state index in [-0.39, 0.29) is 0 Å². The van der Waals surface area contributed by atoms with Crippen molar-refractivity contribution >= 4 is 15.6 Å². The van der Waals surface area contributed by atoms with Gasteiger partial charge >= 0.3 is 0 Å². The van der Waals surface area contributed by atoms with Crippen molar-refractivity contribution < 1.29 is 8.42 Å². The summed E-state index contributed by atoms with van der Waals surface area (Å²) < 4.78 is 24.5. The summed E-state index contributed by atoms with van der Waals surface area (Å²) in [6.45, 7) is 5.43. The monoisotopic (exact) mass is 279 g/mol. The minimum atomic E-state index is -3.06. The molecule has 0 fully saturated rings. The van der Waals surface area contributed by atoms with Gasteiger partial charge in [0.2, 0.25) is 10.0 Å². The molecule has 0 spiro atoms. The van der Waals surface area contributed by atoms with Gasteiger partial charge in [-0.15, -0.1) is 0 Å². The van der Waals surface area contributed by atoms with E-state index in [1.807, 2.05) is 6.08 Å². The summed E-state index contributed by atoms with van der Waals surface area (Å²) in [7, 11) is -3.06. The fourth-order valence-corrected chi connectivity index (χ4v) is 3.08. The van der Waals surface area contributed by atoms with Gasteiger partial charge in [-0.25, -0.2) is 8.42 Å². The maximum absolute atomic E-state index is 11.5. The van der Waals surface area contributed by atoms with Crippen LogP contribution in [0.25, 0.3) is 5.57 Å². The number of hydrogen-bond donors (Lipinski definition) is 0. The molecular formula is C15H21NO2S. The molecule has 0 atom stereocenters.